The maximum Gasteiger partial charge on any atom is 0.441 e. The zero-order valence-corrected chi connectivity index (χ0v) is 11.4. The maximum atomic E-state index is 12.0. The molecule has 1 N–H and O–H groups in total. The quantitative estimate of drug-likeness (QED) is 0.514. The molecule has 0 radical (unpaired) electrons. The van der Waals surface area contributed by atoms with Crippen LogP contribution in [-0.2, 0) is 0 Å². The average molecular weight is 323 g/mol. The SMILES string of the molecule is O=[N+]([O-])c1c(NCCSC(F)(F)F)ccc2scnc12. The standard InChI is InChI=1S/C10H8F3N3O2S2/c11-10(12,13)20-4-3-14-6-1-2-7-8(15-5-19-7)9(6)16(17)18/h1-2,5,14H,3-4H2. The van der Waals surface area contributed by atoms with Crippen molar-refractivity contribution in [1.82, 2.24) is 4.98 Å². The van der Waals surface area contributed by atoms with Gasteiger partial charge in [-0.2, -0.15) is 13.2 Å². The third-order valence-electron chi connectivity index (χ3n) is 2.34. The molecule has 0 unspecified atom stereocenters. The number of nitrogens with zero attached hydrogens (tertiary/aromatic N) is 2. The number of benzene rings is 1. The summed E-state index contributed by atoms with van der Waals surface area (Å²) in [5.41, 5.74) is -2.60. The molecule has 1 aromatic carbocycles. The molecule has 5 nitrogen and oxygen atoms in total. The molecule has 0 aliphatic heterocycles. The molecular weight excluding hydrogens is 315 g/mol. The van der Waals surface area contributed by atoms with Gasteiger partial charge in [-0.05, 0) is 23.9 Å². The normalized spacial score (nSPS) is 11.8. The Morgan fingerprint density at radius 1 is 1.45 bits per heavy atom. The largest absolute Gasteiger partial charge is 0.441 e. The van der Waals surface area contributed by atoms with Crippen LogP contribution in [0.25, 0.3) is 10.2 Å². The molecule has 1 aromatic heterocycles. The van der Waals surface area contributed by atoms with Crippen molar-refractivity contribution in [3.05, 3.63) is 27.8 Å². The smallest absolute Gasteiger partial charge is 0.379 e. The molecule has 0 aliphatic carbocycles. The van der Waals surface area contributed by atoms with E-state index in [-0.39, 0.29) is 41.0 Å². The number of halogens is 3. The van der Waals surface area contributed by atoms with Gasteiger partial charge in [0.05, 0.1) is 15.1 Å². The molecule has 2 aromatic rings. The van der Waals surface area contributed by atoms with Gasteiger partial charge >= 0.3 is 11.2 Å². The molecule has 0 bridgehead atoms. The first-order valence-electron chi connectivity index (χ1n) is 5.33. The fourth-order valence-electron chi connectivity index (χ4n) is 1.60. The summed E-state index contributed by atoms with van der Waals surface area (Å²) < 4.78 is 36.6. The predicted octanol–water partition coefficient (Wildman–Crippen LogP) is 3.87. The number of nitro groups is 1. The molecule has 2 rings (SSSR count). The van der Waals surface area contributed by atoms with Gasteiger partial charge in [0.15, 0.2) is 5.52 Å². The number of nitro benzene ring substituents is 1. The number of nitrogens with one attached hydrogen (secondary N) is 1. The van der Waals surface area contributed by atoms with Crippen molar-refractivity contribution in [1.29, 1.82) is 0 Å². The molecular formula is C10H8F3N3O2S2. The monoisotopic (exact) mass is 323 g/mol. The highest BCUT2D eigenvalue weighted by Crippen LogP contribution is 2.34. The van der Waals surface area contributed by atoms with E-state index in [0.717, 1.165) is 0 Å². The van der Waals surface area contributed by atoms with Gasteiger partial charge in [-0.1, -0.05) is 0 Å². The van der Waals surface area contributed by atoms with E-state index in [1.54, 1.807) is 6.07 Å². The van der Waals surface area contributed by atoms with Gasteiger partial charge in [0.25, 0.3) is 0 Å². The Kier molecular flexibility index (Phi) is 4.33. The highest BCUT2D eigenvalue weighted by atomic mass is 32.2. The van der Waals surface area contributed by atoms with Gasteiger partial charge in [0, 0.05) is 12.3 Å². The summed E-state index contributed by atoms with van der Waals surface area (Å²) >= 11 is 1.09. The summed E-state index contributed by atoms with van der Waals surface area (Å²) in [7, 11) is 0. The molecule has 0 saturated heterocycles. The van der Waals surface area contributed by atoms with Crippen molar-refractivity contribution < 1.29 is 18.1 Å². The van der Waals surface area contributed by atoms with Crippen molar-refractivity contribution in [3.63, 3.8) is 0 Å². The lowest BCUT2D eigenvalue weighted by Gasteiger charge is -2.08. The van der Waals surface area contributed by atoms with Crippen LogP contribution in [-0.4, -0.2) is 27.7 Å². The lowest BCUT2D eigenvalue weighted by Crippen LogP contribution is -2.10. The average Bonchev–Trinajstić information content (AvgIpc) is 2.80. The Morgan fingerprint density at radius 3 is 2.85 bits per heavy atom. The first-order valence-corrected chi connectivity index (χ1v) is 7.20. The Morgan fingerprint density at radius 2 is 2.20 bits per heavy atom. The van der Waals surface area contributed by atoms with Gasteiger partial charge in [-0.15, -0.1) is 11.3 Å². The Balaban J connectivity index is 2.13. The number of rotatable bonds is 5. The number of hydrogen-bond acceptors (Lipinski definition) is 6. The number of aromatic nitrogens is 1. The van der Waals surface area contributed by atoms with Gasteiger partial charge in [0.1, 0.15) is 5.69 Å². The predicted molar refractivity (Wildman–Crippen MR) is 73.3 cm³/mol. The zero-order valence-electron chi connectivity index (χ0n) is 9.81. The first-order chi connectivity index (χ1) is 9.38. The van der Waals surface area contributed by atoms with Crippen molar-refractivity contribution in [2.45, 2.75) is 5.51 Å². The number of anilines is 1. The number of alkyl halides is 3. The number of thioether (sulfide) groups is 1. The van der Waals surface area contributed by atoms with Crippen molar-refractivity contribution in [2.75, 3.05) is 17.6 Å². The minimum absolute atomic E-state index is 0.0271. The van der Waals surface area contributed by atoms with Gasteiger partial charge in [-0.3, -0.25) is 10.1 Å². The summed E-state index contributed by atoms with van der Waals surface area (Å²) in [6.07, 6.45) is 0. The number of hydrogen-bond donors (Lipinski definition) is 1. The molecule has 0 aliphatic rings. The van der Waals surface area contributed by atoms with Crippen molar-refractivity contribution >= 4 is 44.7 Å². The second-order valence-corrected chi connectivity index (χ2v) is 5.69. The van der Waals surface area contributed by atoms with Gasteiger partial charge in [-0.25, -0.2) is 4.98 Å². The van der Waals surface area contributed by atoms with Crippen LogP contribution >= 0.6 is 23.1 Å². The Labute approximate surface area is 119 Å². The molecule has 0 spiro atoms. The van der Waals surface area contributed by atoms with E-state index in [0.29, 0.717) is 4.70 Å². The zero-order chi connectivity index (χ0) is 14.8. The topological polar surface area (TPSA) is 68.1 Å². The number of thiazole rings is 1. The minimum atomic E-state index is -4.30. The summed E-state index contributed by atoms with van der Waals surface area (Å²) in [5.74, 6) is -0.226. The molecule has 10 heteroatoms. The van der Waals surface area contributed by atoms with Crippen LogP contribution in [0.4, 0.5) is 24.5 Å². The third-order valence-corrected chi connectivity index (χ3v) is 3.87. The first kappa shape index (κ1) is 14.9. The summed E-state index contributed by atoms with van der Waals surface area (Å²) in [6, 6.07) is 3.14. The van der Waals surface area contributed by atoms with E-state index in [2.05, 4.69) is 10.3 Å². The van der Waals surface area contributed by atoms with Crippen LogP contribution in [0.2, 0.25) is 0 Å². The molecule has 108 valence electrons. The lowest BCUT2D eigenvalue weighted by atomic mass is 10.2. The summed E-state index contributed by atoms with van der Waals surface area (Å²) in [6.45, 7) is -0.0271. The van der Waals surface area contributed by atoms with E-state index >= 15 is 0 Å². The highest BCUT2D eigenvalue weighted by molar-refractivity contribution is 8.00. The Hall–Kier alpha value is -1.55. The van der Waals surface area contributed by atoms with E-state index in [1.807, 2.05) is 0 Å². The Bertz CT molecular complexity index is 630. The van der Waals surface area contributed by atoms with Gasteiger partial charge < -0.3 is 5.32 Å². The minimum Gasteiger partial charge on any atom is -0.379 e. The molecule has 0 amide bonds. The lowest BCUT2D eigenvalue weighted by molar-refractivity contribution is -0.382. The molecule has 0 saturated carbocycles. The van der Waals surface area contributed by atoms with Crippen LogP contribution in [0, 0.1) is 10.1 Å². The van der Waals surface area contributed by atoms with Crippen LogP contribution in [0.15, 0.2) is 17.6 Å². The molecule has 0 fully saturated rings. The molecule has 20 heavy (non-hydrogen) atoms. The van der Waals surface area contributed by atoms with E-state index in [1.165, 1.54) is 22.9 Å². The van der Waals surface area contributed by atoms with Crippen molar-refractivity contribution in [2.24, 2.45) is 0 Å². The summed E-state index contributed by atoms with van der Waals surface area (Å²) in [5, 5.41) is 13.7. The second-order valence-electron chi connectivity index (χ2n) is 3.64. The van der Waals surface area contributed by atoms with E-state index in [4.69, 9.17) is 0 Å². The van der Waals surface area contributed by atoms with Gasteiger partial charge in [0.2, 0.25) is 0 Å². The van der Waals surface area contributed by atoms with Crippen LogP contribution < -0.4 is 5.32 Å². The van der Waals surface area contributed by atoms with Crippen LogP contribution in [0.5, 0.6) is 0 Å². The maximum absolute atomic E-state index is 12.0. The molecule has 0 atom stereocenters. The van der Waals surface area contributed by atoms with E-state index < -0.39 is 10.4 Å². The summed E-state index contributed by atoms with van der Waals surface area (Å²) in [4.78, 5) is 14.4. The van der Waals surface area contributed by atoms with E-state index in [9.17, 15) is 23.3 Å². The fraction of sp³-hybridized carbons (Fsp3) is 0.300. The fourth-order valence-corrected chi connectivity index (χ4v) is 2.71. The second kappa shape index (κ2) is 5.83. The van der Waals surface area contributed by atoms with Crippen LogP contribution in [0.3, 0.4) is 0 Å². The molecule has 1 heterocycles. The highest BCUT2D eigenvalue weighted by Gasteiger charge is 2.27. The number of fused-ring (bicyclic) bond motifs is 1. The van der Waals surface area contributed by atoms with Crippen LogP contribution in [0.1, 0.15) is 0 Å². The van der Waals surface area contributed by atoms with Crippen molar-refractivity contribution in [3.8, 4) is 0 Å². The third kappa shape index (κ3) is 3.51.